The van der Waals surface area contributed by atoms with Crippen LogP contribution in [0.4, 0.5) is 4.39 Å². The van der Waals surface area contributed by atoms with Crippen molar-refractivity contribution in [3.63, 3.8) is 0 Å². The van der Waals surface area contributed by atoms with Crippen LogP contribution < -0.4 is 10.6 Å². The summed E-state index contributed by atoms with van der Waals surface area (Å²) in [5.41, 5.74) is 0.858. The predicted molar refractivity (Wildman–Crippen MR) is 79.3 cm³/mol. The third-order valence-electron chi connectivity index (χ3n) is 3.99. The lowest BCUT2D eigenvalue weighted by molar-refractivity contribution is -0.127. The zero-order chi connectivity index (χ0) is 15.2. The molecule has 1 heterocycles. The van der Waals surface area contributed by atoms with Crippen molar-refractivity contribution in [2.75, 3.05) is 20.2 Å². The standard InChI is InChI=1S/C16H23FN2O2/c1-11(19-16(20)13-7-9-18-10-8-13)15(21-2)12-3-5-14(17)6-4-12/h3-6,11,13,15,18H,7-10H2,1-2H3,(H,19,20). The number of halogens is 1. The summed E-state index contributed by atoms with van der Waals surface area (Å²) in [4.78, 5) is 12.3. The first-order chi connectivity index (χ1) is 10.1. The number of methoxy groups -OCH3 is 1. The van der Waals surface area contributed by atoms with E-state index in [1.807, 2.05) is 6.92 Å². The van der Waals surface area contributed by atoms with Crippen molar-refractivity contribution < 1.29 is 13.9 Å². The van der Waals surface area contributed by atoms with E-state index >= 15 is 0 Å². The Hall–Kier alpha value is -1.46. The molecule has 2 unspecified atom stereocenters. The number of carbonyl (C=O) groups is 1. The van der Waals surface area contributed by atoms with Crippen LogP contribution in [0.3, 0.4) is 0 Å². The van der Waals surface area contributed by atoms with E-state index in [1.54, 1.807) is 19.2 Å². The second-order valence-corrected chi connectivity index (χ2v) is 5.53. The molecular weight excluding hydrogens is 271 g/mol. The number of hydrogen-bond acceptors (Lipinski definition) is 3. The van der Waals surface area contributed by atoms with Crippen molar-refractivity contribution in [3.8, 4) is 0 Å². The molecule has 116 valence electrons. The topological polar surface area (TPSA) is 50.4 Å². The Kier molecular flexibility index (Phi) is 5.70. The SMILES string of the molecule is COC(c1ccc(F)cc1)C(C)NC(=O)C1CCNCC1. The van der Waals surface area contributed by atoms with Crippen molar-refractivity contribution in [3.05, 3.63) is 35.6 Å². The van der Waals surface area contributed by atoms with E-state index < -0.39 is 0 Å². The molecule has 4 nitrogen and oxygen atoms in total. The second-order valence-electron chi connectivity index (χ2n) is 5.53. The van der Waals surface area contributed by atoms with E-state index in [0.29, 0.717) is 0 Å². The first kappa shape index (κ1) is 15.9. The van der Waals surface area contributed by atoms with Gasteiger partial charge in [0.25, 0.3) is 0 Å². The second kappa shape index (κ2) is 7.52. The number of nitrogens with one attached hydrogen (secondary N) is 2. The van der Waals surface area contributed by atoms with E-state index in [-0.39, 0.29) is 29.8 Å². The molecule has 1 aliphatic heterocycles. The molecule has 0 spiro atoms. The van der Waals surface area contributed by atoms with Crippen LogP contribution in [0.1, 0.15) is 31.4 Å². The van der Waals surface area contributed by atoms with Gasteiger partial charge in [-0.2, -0.15) is 0 Å². The Morgan fingerprint density at radius 1 is 1.33 bits per heavy atom. The Labute approximate surface area is 125 Å². The van der Waals surface area contributed by atoms with Crippen LogP contribution in [0.25, 0.3) is 0 Å². The fraction of sp³-hybridized carbons (Fsp3) is 0.562. The van der Waals surface area contributed by atoms with Crippen molar-refractivity contribution in [1.29, 1.82) is 0 Å². The molecule has 1 aromatic rings. The summed E-state index contributed by atoms with van der Waals surface area (Å²) in [5.74, 6) is -0.132. The van der Waals surface area contributed by atoms with E-state index in [0.717, 1.165) is 31.5 Å². The Morgan fingerprint density at radius 3 is 2.52 bits per heavy atom. The Bertz CT molecular complexity index is 458. The van der Waals surface area contributed by atoms with E-state index in [2.05, 4.69) is 10.6 Å². The summed E-state index contributed by atoms with van der Waals surface area (Å²) < 4.78 is 18.5. The lowest BCUT2D eigenvalue weighted by Crippen LogP contribution is -2.44. The molecule has 1 aromatic carbocycles. The molecule has 0 saturated carbocycles. The molecule has 0 aliphatic carbocycles. The van der Waals surface area contributed by atoms with Gasteiger partial charge in [0.15, 0.2) is 0 Å². The fourth-order valence-corrected chi connectivity index (χ4v) is 2.78. The summed E-state index contributed by atoms with van der Waals surface area (Å²) in [7, 11) is 1.60. The van der Waals surface area contributed by atoms with E-state index in [9.17, 15) is 9.18 Å². The minimum absolute atomic E-state index is 0.0689. The zero-order valence-corrected chi connectivity index (χ0v) is 12.6. The largest absolute Gasteiger partial charge is 0.375 e. The van der Waals surface area contributed by atoms with Crippen LogP contribution in [0.2, 0.25) is 0 Å². The predicted octanol–water partition coefficient (Wildman–Crippen LogP) is 2.02. The van der Waals surface area contributed by atoms with Crippen LogP contribution in [0.15, 0.2) is 24.3 Å². The molecule has 2 rings (SSSR count). The van der Waals surface area contributed by atoms with Gasteiger partial charge in [0.05, 0.1) is 6.04 Å². The maximum Gasteiger partial charge on any atom is 0.223 e. The van der Waals surface area contributed by atoms with Gasteiger partial charge in [-0.25, -0.2) is 4.39 Å². The quantitative estimate of drug-likeness (QED) is 0.873. The highest BCUT2D eigenvalue weighted by Gasteiger charge is 2.26. The number of amides is 1. The molecule has 21 heavy (non-hydrogen) atoms. The summed E-state index contributed by atoms with van der Waals surface area (Å²) in [5, 5.41) is 6.28. The van der Waals surface area contributed by atoms with Crippen LogP contribution in [-0.4, -0.2) is 32.1 Å². The average Bonchev–Trinajstić information content (AvgIpc) is 2.50. The lowest BCUT2D eigenvalue weighted by Gasteiger charge is -2.28. The molecule has 1 aliphatic rings. The first-order valence-electron chi connectivity index (χ1n) is 7.41. The molecule has 0 radical (unpaired) electrons. The Morgan fingerprint density at radius 2 is 1.95 bits per heavy atom. The zero-order valence-electron chi connectivity index (χ0n) is 12.6. The average molecular weight is 294 g/mol. The molecule has 2 atom stereocenters. The lowest BCUT2D eigenvalue weighted by atomic mass is 9.96. The first-order valence-corrected chi connectivity index (χ1v) is 7.41. The summed E-state index contributed by atoms with van der Waals surface area (Å²) in [6, 6.07) is 6.03. The van der Waals surface area contributed by atoms with Crippen molar-refractivity contribution in [2.45, 2.75) is 31.9 Å². The molecule has 1 amide bonds. The fourth-order valence-electron chi connectivity index (χ4n) is 2.78. The highest BCUT2D eigenvalue weighted by Crippen LogP contribution is 2.22. The molecular formula is C16H23FN2O2. The highest BCUT2D eigenvalue weighted by atomic mass is 19.1. The van der Waals surface area contributed by atoms with Crippen LogP contribution in [-0.2, 0) is 9.53 Å². The Balaban J connectivity index is 1.97. The van der Waals surface area contributed by atoms with Crippen LogP contribution in [0.5, 0.6) is 0 Å². The van der Waals surface area contributed by atoms with Gasteiger partial charge >= 0.3 is 0 Å². The number of piperidine rings is 1. The van der Waals surface area contributed by atoms with Crippen molar-refractivity contribution >= 4 is 5.91 Å². The van der Waals surface area contributed by atoms with Gasteiger partial charge < -0.3 is 15.4 Å². The van der Waals surface area contributed by atoms with Crippen molar-refractivity contribution in [1.82, 2.24) is 10.6 Å². The van der Waals surface area contributed by atoms with Crippen LogP contribution >= 0.6 is 0 Å². The number of carbonyl (C=O) groups excluding carboxylic acids is 1. The van der Waals surface area contributed by atoms with Gasteiger partial charge in [0, 0.05) is 13.0 Å². The number of rotatable bonds is 5. The molecule has 1 saturated heterocycles. The van der Waals surface area contributed by atoms with Crippen molar-refractivity contribution in [2.24, 2.45) is 5.92 Å². The minimum atomic E-state index is -0.281. The normalized spacial score (nSPS) is 19.0. The van der Waals surface area contributed by atoms with Crippen LogP contribution in [0, 0.1) is 11.7 Å². The molecule has 5 heteroatoms. The van der Waals surface area contributed by atoms with Gasteiger partial charge in [0.2, 0.25) is 5.91 Å². The molecule has 2 N–H and O–H groups in total. The van der Waals surface area contributed by atoms with E-state index in [1.165, 1.54) is 12.1 Å². The molecule has 1 fully saturated rings. The summed E-state index contributed by atoms with van der Waals surface area (Å²) >= 11 is 0. The number of benzene rings is 1. The van der Waals surface area contributed by atoms with Gasteiger partial charge in [-0.3, -0.25) is 4.79 Å². The van der Waals surface area contributed by atoms with Gasteiger partial charge in [-0.1, -0.05) is 12.1 Å². The highest BCUT2D eigenvalue weighted by molar-refractivity contribution is 5.79. The monoisotopic (exact) mass is 294 g/mol. The number of ether oxygens (including phenoxy) is 1. The third kappa shape index (κ3) is 4.25. The molecule has 0 bridgehead atoms. The maximum atomic E-state index is 13.0. The third-order valence-corrected chi connectivity index (χ3v) is 3.99. The molecule has 0 aromatic heterocycles. The van der Waals surface area contributed by atoms with Gasteiger partial charge in [-0.05, 0) is 50.6 Å². The maximum absolute atomic E-state index is 13.0. The summed E-state index contributed by atoms with van der Waals surface area (Å²) in [6.07, 6.45) is 1.45. The summed E-state index contributed by atoms with van der Waals surface area (Å²) in [6.45, 7) is 3.69. The minimum Gasteiger partial charge on any atom is -0.375 e. The van der Waals surface area contributed by atoms with Gasteiger partial charge in [-0.15, -0.1) is 0 Å². The van der Waals surface area contributed by atoms with E-state index in [4.69, 9.17) is 4.74 Å². The smallest absolute Gasteiger partial charge is 0.223 e. The van der Waals surface area contributed by atoms with Gasteiger partial charge in [0.1, 0.15) is 11.9 Å². The number of hydrogen-bond donors (Lipinski definition) is 2.